The normalized spacial score (nSPS) is 31.8. The SMILES string of the molecule is O=C1CCC(C(=O)N(c2cccc(F)c2)C2C(=O)[N+]3(C4CC(F)(F)C4)C4CC(c5ccccc52)C43)N1c1ccc(F)cn1. The number of pyridine rings is 1. The zero-order valence-electron chi connectivity index (χ0n) is 22.9. The van der Waals surface area contributed by atoms with Gasteiger partial charge in [-0.2, -0.15) is 0 Å². The van der Waals surface area contributed by atoms with Crippen LogP contribution in [0.5, 0.6) is 0 Å². The first-order valence-corrected chi connectivity index (χ1v) is 14.5. The molecule has 3 aliphatic heterocycles. The topological polar surface area (TPSA) is 70.6 Å². The number of amides is 3. The fraction of sp³-hybridized carbons (Fsp3) is 0.375. The smallest absolute Gasteiger partial charge is 0.290 e. The quantitative estimate of drug-likeness (QED) is 0.237. The molecule has 4 fully saturated rings. The van der Waals surface area contributed by atoms with Crippen LogP contribution in [0.15, 0.2) is 66.9 Å². The number of quaternary nitrogens is 1. The molecule has 2 aromatic carbocycles. The lowest BCUT2D eigenvalue weighted by molar-refractivity contribution is -0.784. The molecule has 43 heavy (non-hydrogen) atoms. The predicted molar refractivity (Wildman–Crippen MR) is 146 cm³/mol. The van der Waals surface area contributed by atoms with Gasteiger partial charge in [0, 0.05) is 24.4 Å². The third kappa shape index (κ3) is 3.63. The van der Waals surface area contributed by atoms with E-state index < -0.39 is 60.3 Å². The molecule has 220 valence electrons. The lowest BCUT2D eigenvalue weighted by Crippen LogP contribution is -2.60. The van der Waals surface area contributed by atoms with Crippen molar-refractivity contribution in [1.29, 1.82) is 0 Å². The molecule has 2 saturated heterocycles. The second-order valence-corrected chi connectivity index (χ2v) is 12.4. The van der Waals surface area contributed by atoms with Crippen molar-refractivity contribution in [2.75, 3.05) is 9.80 Å². The van der Waals surface area contributed by atoms with Crippen molar-refractivity contribution in [1.82, 2.24) is 4.98 Å². The first-order chi connectivity index (χ1) is 20.6. The first kappa shape index (κ1) is 26.5. The number of hydrogen-bond donors (Lipinski definition) is 0. The van der Waals surface area contributed by atoms with E-state index >= 15 is 0 Å². The number of benzene rings is 2. The molecule has 7 nitrogen and oxygen atoms in total. The van der Waals surface area contributed by atoms with Gasteiger partial charge in [-0.1, -0.05) is 30.3 Å². The lowest BCUT2D eigenvalue weighted by atomic mass is 9.77. The maximum atomic E-state index is 14.9. The molecule has 3 amide bonds. The van der Waals surface area contributed by atoms with Crippen molar-refractivity contribution < 1.29 is 36.4 Å². The van der Waals surface area contributed by atoms with Crippen LogP contribution in [0.1, 0.15) is 55.2 Å². The summed E-state index contributed by atoms with van der Waals surface area (Å²) in [5.74, 6) is -5.37. The molecule has 0 N–H and O–H groups in total. The minimum atomic E-state index is -2.84. The molecule has 2 saturated carbocycles. The Labute approximate surface area is 244 Å². The molecule has 0 bridgehead atoms. The minimum Gasteiger partial charge on any atom is -0.290 e. The molecule has 4 heterocycles. The van der Waals surface area contributed by atoms with E-state index in [2.05, 4.69) is 4.98 Å². The van der Waals surface area contributed by atoms with Gasteiger partial charge in [0.2, 0.25) is 5.91 Å². The molecular weight excluding hydrogens is 564 g/mol. The molecule has 8 rings (SSSR count). The van der Waals surface area contributed by atoms with Crippen LogP contribution in [-0.4, -0.2) is 57.3 Å². The maximum absolute atomic E-state index is 14.9. The van der Waals surface area contributed by atoms with Gasteiger partial charge in [-0.3, -0.25) is 19.4 Å². The van der Waals surface area contributed by atoms with E-state index in [9.17, 15) is 31.9 Å². The van der Waals surface area contributed by atoms with Crippen LogP contribution < -0.4 is 9.80 Å². The Morgan fingerprint density at radius 2 is 1.74 bits per heavy atom. The second-order valence-electron chi connectivity index (χ2n) is 12.4. The maximum Gasteiger partial charge on any atom is 0.342 e. The number of fused-ring (bicyclic) bond motifs is 3. The lowest BCUT2D eigenvalue weighted by Gasteiger charge is -2.42. The average molecular weight is 592 g/mol. The van der Waals surface area contributed by atoms with Crippen molar-refractivity contribution in [3.05, 3.63) is 89.6 Å². The Morgan fingerprint density at radius 1 is 0.977 bits per heavy atom. The van der Waals surface area contributed by atoms with E-state index in [0.29, 0.717) is 12.0 Å². The molecule has 3 aromatic rings. The number of halogens is 4. The average Bonchev–Trinajstić information content (AvgIpc) is 3.29. The van der Waals surface area contributed by atoms with Crippen molar-refractivity contribution in [2.24, 2.45) is 0 Å². The van der Waals surface area contributed by atoms with E-state index in [-0.39, 0.29) is 52.7 Å². The Morgan fingerprint density at radius 3 is 2.44 bits per heavy atom. The summed E-state index contributed by atoms with van der Waals surface area (Å²) in [6.07, 6.45) is 0.996. The van der Waals surface area contributed by atoms with Gasteiger partial charge in [0.05, 0.1) is 19.0 Å². The number of alkyl halides is 2. The van der Waals surface area contributed by atoms with E-state index in [1.807, 2.05) is 12.1 Å². The number of carbonyl (C=O) groups is 3. The van der Waals surface area contributed by atoms with Crippen molar-refractivity contribution in [3.63, 3.8) is 0 Å². The molecule has 0 radical (unpaired) electrons. The Balaban J connectivity index is 1.28. The molecule has 6 atom stereocenters. The summed E-state index contributed by atoms with van der Waals surface area (Å²) in [6.45, 7) is 0. The fourth-order valence-electron chi connectivity index (χ4n) is 8.38. The molecule has 5 aliphatic rings. The zero-order chi connectivity index (χ0) is 29.8. The van der Waals surface area contributed by atoms with Crippen LogP contribution in [0, 0.1) is 11.6 Å². The molecule has 0 spiro atoms. The molecule has 6 unspecified atom stereocenters. The van der Waals surface area contributed by atoms with Crippen molar-refractivity contribution in [2.45, 2.75) is 74.2 Å². The minimum absolute atomic E-state index is 0.0122. The standard InChI is InChI=1S/C32H27F4N4O3/c33-17-4-3-5-19(12-17)38(30(42)24-9-11-27(41)39(24)26-10-8-18(34)16-37-26)28-22-7-2-1-6-21(22)23-13-25-29(23)40(25,31(28)43)20-14-32(35,36)15-20/h1-8,10,12,16,20,23-25,28-29H,9,11,13-15H2/q+1. The van der Waals surface area contributed by atoms with Gasteiger partial charge in [-0.25, -0.2) is 31.8 Å². The van der Waals surface area contributed by atoms with E-state index in [0.717, 1.165) is 23.9 Å². The summed E-state index contributed by atoms with van der Waals surface area (Å²) >= 11 is 0. The number of rotatable bonds is 5. The largest absolute Gasteiger partial charge is 0.342 e. The number of carbonyl (C=O) groups excluding carboxylic acids is 3. The Bertz CT molecular complexity index is 1690. The van der Waals surface area contributed by atoms with Gasteiger partial charge >= 0.3 is 5.91 Å². The van der Waals surface area contributed by atoms with Crippen LogP contribution in [0.3, 0.4) is 0 Å². The van der Waals surface area contributed by atoms with Gasteiger partial charge in [0.15, 0.2) is 18.1 Å². The molecule has 2 aliphatic carbocycles. The van der Waals surface area contributed by atoms with E-state index in [1.165, 1.54) is 34.1 Å². The highest BCUT2D eigenvalue weighted by Crippen LogP contribution is 2.70. The Hall–Kier alpha value is -4.12. The fourth-order valence-corrected chi connectivity index (χ4v) is 8.38. The highest BCUT2D eigenvalue weighted by Gasteiger charge is 2.87. The Kier molecular flexibility index (Phi) is 5.52. The van der Waals surface area contributed by atoms with Gasteiger partial charge < -0.3 is 0 Å². The monoisotopic (exact) mass is 591 g/mol. The summed E-state index contributed by atoms with van der Waals surface area (Å²) < 4.78 is 56.8. The van der Waals surface area contributed by atoms with Crippen LogP contribution in [-0.2, 0) is 14.4 Å². The number of hydrogen-bond acceptors (Lipinski definition) is 4. The molecule has 11 heteroatoms. The first-order valence-electron chi connectivity index (χ1n) is 14.5. The van der Waals surface area contributed by atoms with Gasteiger partial charge in [0.1, 0.15) is 29.5 Å². The summed E-state index contributed by atoms with van der Waals surface area (Å²) in [6, 6.07) is 12.0. The van der Waals surface area contributed by atoms with Gasteiger partial charge in [-0.05, 0) is 47.9 Å². The summed E-state index contributed by atoms with van der Waals surface area (Å²) in [5.41, 5.74) is 1.59. The van der Waals surface area contributed by atoms with Crippen LogP contribution in [0.2, 0.25) is 0 Å². The summed E-state index contributed by atoms with van der Waals surface area (Å²) in [7, 11) is 0. The highest BCUT2D eigenvalue weighted by atomic mass is 19.3. The third-order valence-corrected chi connectivity index (χ3v) is 10.3. The summed E-state index contributed by atoms with van der Waals surface area (Å²) in [5, 5.41) is 0. The third-order valence-electron chi connectivity index (χ3n) is 10.3. The zero-order valence-corrected chi connectivity index (χ0v) is 22.9. The second kappa shape index (κ2) is 8.95. The van der Waals surface area contributed by atoms with E-state index in [4.69, 9.17) is 0 Å². The summed E-state index contributed by atoms with van der Waals surface area (Å²) in [4.78, 5) is 49.2. The highest BCUT2D eigenvalue weighted by molar-refractivity contribution is 6.10. The molecule has 1 aromatic heterocycles. The van der Waals surface area contributed by atoms with Crippen molar-refractivity contribution >= 4 is 29.2 Å². The number of anilines is 2. The van der Waals surface area contributed by atoms with Gasteiger partial charge in [0.25, 0.3) is 11.8 Å². The predicted octanol–water partition coefficient (Wildman–Crippen LogP) is 5.02. The number of aromatic nitrogens is 1. The van der Waals surface area contributed by atoms with Crippen LogP contribution in [0.4, 0.5) is 29.1 Å². The van der Waals surface area contributed by atoms with Crippen LogP contribution in [0.25, 0.3) is 0 Å². The van der Waals surface area contributed by atoms with Gasteiger partial charge in [-0.15, -0.1) is 0 Å². The molecular formula is C32H27F4N4O3+. The number of nitrogens with zero attached hydrogens (tertiary/aromatic N) is 4. The van der Waals surface area contributed by atoms with Crippen LogP contribution >= 0.6 is 0 Å². The van der Waals surface area contributed by atoms with Crippen molar-refractivity contribution in [3.8, 4) is 0 Å². The van der Waals surface area contributed by atoms with E-state index in [1.54, 1.807) is 12.1 Å².